The first-order valence-corrected chi connectivity index (χ1v) is 12.9. The number of ketones is 1. The van der Waals surface area contributed by atoms with Crippen molar-refractivity contribution in [3.05, 3.63) is 70.1 Å². The maximum Gasteiger partial charge on any atom is 0.336 e. The van der Waals surface area contributed by atoms with Gasteiger partial charge < -0.3 is 34.1 Å². The second-order valence-corrected chi connectivity index (χ2v) is 9.42. The maximum atomic E-state index is 13.9. The Morgan fingerprint density at radius 2 is 1.69 bits per heavy atom. The van der Waals surface area contributed by atoms with Crippen molar-refractivity contribution in [2.24, 2.45) is 0 Å². The van der Waals surface area contributed by atoms with Crippen molar-refractivity contribution >= 4 is 11.8 Å². The molecule has 2 aliphatic rings. The SMILES string of the molecule is CCOc1cc(C2C(C(=O)OCCOC)=C(C)NC3=C2C(=O)CC(c2ccc(OC)c(OC)c2)C3)ccc1O. The molecule has 9 heteroatoms. The van der Waals surface area contributed by atoms with Crippen molar-refractivity contribution in [2.75, 3.05) is 41.2 Å². The molecule has 39 heavy (non-hydrogen) atoms. The monoisotopic (exact) mass is 537 g/mol. The Balaban J connectivity index is 1.77. The van der Waals surface area contributed by atoms with Gasteiger partial charge in [-0.1, -0.05) is 12.1 Å². The first kappa shape index (κ1) is 28.0. The van der Waals surface area contributed by atoms with Gasteiger partial charge in [0.05, 0.1) is 33.0 Å². The van der Waals surface area contributed by atoms with Gasteiger partial charge in [0.15, 0.2) is 28.8 Å². The summed E-state index contributed by atoms with van der Waals surface area (Å²) in [5, 5.41) is 13.6. The molecule has 4 rings (SSSR count). The quantitative estimate of drug-likeness (QED) is 0.337. The molecule has 1 aliphatic carbocycles. The Hall–Kier alpha value is -3.98. The number of carbonyl (C=O) groups is 2. The van der Waals surface area contributed by atoms with Crippen LogP contribution in [0, 0.1) is 0 Å². The van der Waals surface area contributed by atoms with Crippen molar-refractivity contribution in [1.82, 2.24) is 5.32 Å². The molecule has 0 saturated carbocycles. The number of methoxy groups -OCH3 is 3. The number of rotatable bonds is 10. The zero-order chi connectivity index (χ0) is 28.1. The highest BCUT2D eigenvalue weighted by molar-refractivity contribution is 6.04. The molecule has 2 unspecified atom stereocenters. The molecular formula is C30H35NO8. The first-order valence-electron chi connectivity index (χ1n) is 12.9. The van der Waals surface area contributed by atoms with Crippen LogP contribution in [0.25, 0.3) is 0 Å². The van der Waals surface area contributed by atoms with Crippen LogP contribution in [0.15, 0.2) is 58.9 Å². The molecule has 1 heterocycles. The molecule has 0 aromatic heterocycles. The molecule has 9 nitrogen and oxygen atoms in total. The summed E-state index contributed by atoms with van der Waals surface area (Å²) in [5.74, 6) is 0.0992. The Morgan fingerprint density at radius 3 is 2.38 bits per heavy atom. The highest BCUT2D eigenvalue weighted by atomic mass is 16.6. The van der Waals surface area contributed by atoms with Crippen LogP contribution >= 0.6 is 0 Å². The molecule has 208 valence electrons. The summed E-state index contributed by atoms with van der Waals surface area (Å²) in [6.07, 6.45) is 0.820. The molecule has 0 bridgehead atoms. The standard InChI is InChI=1S/C30H35NO8/c1-6-38-25-16-19(7-9-22(25)32)28-27(30(34)39-12-11-35-3)17(2)31-21-13-20(14-23(33)29(21)28)18-8-10-24(36-4)26(15-18)37-5/h7-10,15-16,20,28,31-32H,6,11-14H2,1-5H3. The van der Waals surface area contributed by atoms with Gasteiger partial charge in [-0.05, 0) is 61.6 Å². The highest BCUT2D eigenvalue weighted by Gasteiger charge is 2.41. The lowest BCUT2D eigenvalue weighted by molar-refractivity contribution is -0.140. The minimum atomic E-state index is -0.685. The number of dihydropyridines is 1. The van der Waals surface area contributed by atoms with Crippen LogP contribution in [-0.4, -0.2) is 58.0 Å². The highest BCUT2D eigenvalue weighted by Crippen LogP contribution is 2.47. The topological polar surface area (TPSA) is 113 Å². The van der Waals surface area contributed by atoms with Crippen LogP contribution in [0.2, 0.25) is 0 Å². The summed E-state index contributed by atoms with van der Waals surface area (Å²) in [6, 6.07) is 10.6. The summed E-state index contributed by atoms with van der Waals surface area (Å²) >= 11 is 0. The van der Waals surface area contributed by atoms with Gasteiger partial charge in [-0.15, -0.1) is 0 Å². The van der Waals surface area contributed by atoms with E-state index in [1.165, 1.54) is 13.2 Å². The smallest absolute Gasteiger partial charge is 0.336 e. The second kappa shape index (κ2) is 12.3. The Labute approximate surface area is 228 Å². The molecule has 0 saturated heterocycles. The number of ether oxygens (including phenoxy) is 5. The molecule has 0 amide bonds. The molecular weight excluding hydrogens is 502 g/mol. The number of hydrogen-bond acceptors (Lipinski definition) is 9. The van der Waals surface area contributed by atoms with E-state index < -0.39 is 11.9 Å². The fourth-order valence-corrected chi connectivity index (χ4v) is 5.26. The normalized spacial score (nSPS) is 18.8. The van der Waals surface area contributed by atoms with Crippen molar-refractivity contribution < 1.29 is 38.4 Å². The number of nitrogens with one attached hydrogen (secondary N) is 1. The predicted octanol–water partition coefficient (Wildman–Crippen LogP) is 4.36. The van der Waals surface area contributed by atoms with E-state index in [0.717, 1.165) is 11.3 Å². The number of aromatic hydroxyl groups is 1. The number of carbonyl (C=O) groups excluding carboxylic acids is 2. The van der Waals surface area contributed by atoms with E-state index in [1.54, 1.807) is 33.3 Å². The number of benzene rings is 2. The van der Waals surface area contributed by atoms with Crippen LogP contribution < -0.4 is 19.5 Å². The molecule has 2 N–H and O–H groups in total. The average molecular weight is 538 g/mol. The van der Waals surface area contributed by atoms with Crippen molar-refractivity contribution in [3.8, 4) is 23.0 Å². The first-order chi connectivity index (χ1) is 18.8. The Bertz CT molecular complexity index is 1310. The number of hydrogen-bond donors (Lipinski definition) is 2. The lowest BCUT2D eigenvalue weighted by Crippen LogP contribution is -2.36. The van der Waals surface area contributed by atoms with Crippen LogP contribution in [0.5, 0.6) is 23.0 Å². The van der Waals surface area contributed by atoms with Gasteiger partial charge in [-0.3, -0.25) is 4.79 Å². The van der Waals surface area contributed by atoms with E-state index >= 15 is 0 Å². The summed E-state index contributed by atoms with van der Waals surface area (Å²) in [7, 11) is 4.69. The number of phenols is 1. The molecule has 2 aromatic carbocycles. The van der Waals surface area contributed by atoms with Gasteiger partial charge in [0.1, 0.15) is 6.61 Å². The van der Waals surface area contributed by atoms with Gasteiger partial charge in [0.25, 0.3) is 0 Å². The van der Waals surface area contributed by atoms with Gasteiger partial charge in [-0.2, -0.15) is 0 Å². The zero-order valence-corrected chi connectivity index (χ0v) is 23.0. The third-order valence-corrected chi connectivity index (χ3v) is 7.06. The summed E-state index contributed by atoms with van der Waals surface area (Å²) in [6.45, 7) is 4.31. The van der Waals surface area contributed by atoms with Crippen molar-refractivity contribution in [2.45, 2.75) is 38.5 Å². The van der Waals surface area contributed by atoms with E-state index in [0.29, 0.717) is 46.9 Å². The van der Waals surface area contributed by atoms with Gasteiger partial charge in [-0.25, -0.2) is 4.79 Å². The second-order valence-electron chi connectivity index (χ2n) is 9.42. The van der Waals surface area contributed by atoms with E-state index in [-0.39, 0.29) is 42.8 Å². The molecule has 2 atom stereocenters. The maximum absolute atomic E-state index is 13.9. The van der Waals surface area contributed by atoms with Crippen LogP contribution in [0.4, 0.5) is 0 Å². The van der Waals surface area contributed by atoms with E-state index in [1.807, 2.05) is 25.1 Å². The van der Waals surface area contributed by atoms with Gasteiger partial charge in [0, 0.05) is 36.4 Å². The Morgan fingerprint density at radius 1 is 0.974 bits per heavy atom. The zero-order valence-electron chi connectivity index (χ0n) is 23.0. The lowest BCUT2D eigenvalue weighted by atomic mass is 9.71. The van der Waals surface area contributed by atoms with Crippen molar-refractivity contribution in [3.63, 3.8) is 0 Å². The third kappa shape index (κ3) is 5.73. The number of Topliss-reactive ketones (excluding diaryl/α,β-unsaturated/α-hetero) is 1. The Kier molecular flexibility index (Phi) is 8.81. The molecule has 1 aliphatic heterocycles. The van der Waals surface area contributed by atoms with E-state index in [4.69, 9.17) is 23.7 Å². The number of esters is 1. The summed E-state index contributed by atoms with van der Waals surface area (Å²) in [5.41, 5.74) is 3.84. The fraction of sp³-hybridized carbons (Fsp3) is 0.400. The van der Waals surface area contributed by atoms with Crippen LogP contribution in [0.3, 0.4) is 0 Å². The van der Waals surface area contributed by atoms with Crippen molar-refractivity contribution in [1.29, 1.82) is 0 Å². The number of allylic oxidation sites excluding steroid dienone is 3. The number of phenolic OH excluding ortho intramolecular Hbond substituents is 1. The van der Waals surface area contributed by atoms with Gasteiger partial charge >= 0.3 is 5.97 Å². The summed E-state index contributed by atoms with van der Waals surface area (Å²) in [4.78, 5) is 27.2. The molecule has 0 fully saturated rings. The average Bonchev–Trinajstić information content (AvgIpc) is 2.93. The lowest BCUT2D eigenvalue weighted by Gasteiger charge is -2.37. The largest absolute Gasteiger partial charge is 0.504 e. The van der Waals surface area contributed by atoms with E-state index in [2.05, 4.69) is 5.32 Å². The predicted molar refractivity (Wildman–Crippen MR) is 144 cm³/mol. The minimum Gasteiger partial charge on any atom is -0.504 e. The summed E-state index contributed by atoms with van der Waals surface area (Å²) < 4.78 is 27.0. The molecule has 0 spiro atoms. The third-order valence-electron chi connectivity index (χ3n) is 7.06. The molecule has 2 aromatic rings. The fourth-order valence-electron chi connectivity index (χ4n) is 5.26. The van der Waals surface area contributed by atoms with Crippen LogP contribution in [-0.2, 0) is 19.1 Å². The molecule has 0 radical (unpaired) electrons. The van der Waals surface area contributed by atoms with Gasteiger partial charge in [0.2, 0.25) is 0 Å². The minimum absolute atomic E-state index is 0.0165. The van der Waals surface area contributed by atoms with E-state index in [9.17, 15) is 14.7 Å². The van der Waals surface area contributed by atoms with Crippen LogP contribution in [0.1, 0.15) is 49.7 Å².